The topological polar surface area (TPSA) is 93.7 Å². The van der Waals surface area contributed by atoms with Gasteiger partial charge in [0.25, 0.3) is 5.91 Å². The quantitative estimate of drug-likeness (QED) is 0.504. The first-order chi connectivity index (χ1) is 15.1. The van der Waals surface area contributed by atoms with Gasteiger partial charge in [-0.3, -0.25) is 14.4 Å². The van der Waals surface area contributed by atoms with Crippen molar-refractivity contribution in [2.75, 3.05) is 37.1 Å². The zero-order chi connectivity index (χ0) is 21.6. The maximum absolute atomic E-state index is 12.6. The lowest BCUT2D eigenvalue weighted by Gasteiger charge is -2.10. The van der Waals surface area contributed by atoms with Gasteiger partial charge in [-0.05, 0) is 23.1 Å². The van der Waals surface area contributed by atoms with Crippen LogP contribution < -0.4 is 10.6 Å². The molecule has 1 fully saturated rings. The van der Waals surface area contributed by atoms with E-state index in [1.54, 1.807) is 36.4 Å². The summed E-state index contributed by atoms with van der Waals surface area (Å²) in [6, 6.07) is 19.9. The summed E-state index contributed by atoms with van der Waals surface area (Å²) in [4.78, 5) is 37.2. The normalized spacial score (nSPS) is 17.2. The van der Waals surface area contributed by atoms with Crippen LogP contribution >= 0.6 is 0 Å². The van der Waals surface area contributed by atoms with Crippen LogP contribution in [0.4, 0.5) is 11.4 Å². The third-order valence-corrected chi connectivity index (χ3v) is 5.06. The summed E-state index contributed by atoms with van der Waals surface area (Å²) >= 11 is 0. The molecule has 1 saturated heterocycles. The smallest absolute Gasteiger partial charge is 0.292 e. The lowest BCUT2D eigenvalue weighted by molar-refractivity contribution is -0.138. The number of para-hydroxylation sites is 1. The van der Waals surface area contributed by atoms with Crippen LogP contribution in [0.1, 0.15) is 11.5 Å². The van der Waals surface area contributed by atoms with Crippen molar-refractivity contribution >= 4 is 39.7 Å². The number of carbonyl (C=O) groups excluding carboxylic acids is 3. The fourth-order valence-electron chi connectivity index (χ4n) is 3.56. The van der Waals surface area contributed by atoms with Gasteiger partial charge < -0.3 is 20.1 Å². The number of ether oxygens (including phenoxy) is 2. The number of rotatable bonds is 3. The van der Waals surface area contributed by atoms with Crippen molar-refractivity contribution in [3.63, 3.8) is 0 Å². The van der Waals surface area contributed by atoms with E-state index in [9.17, 15) is 14.4 Å². The van der Waals surface area contributed by atoms with E-state index >= 15 is 0 Å². The Hall–Kier alpha value is -3.55. The van der Waals surface area contributed by atoms with Gasteiger partial charge in [0.1, 0.15) is 5.92 Å². The highest BCUT2D eigenvalue weighted by molar-refractivity contribution is 6.47. The number of hydrogen-bond acceptors (Lipinski definition) is 5. The van der Waals surface area contributed by atoms with Gasteiger partial charge in [0, 0.05) is 16.8 Å². The minimum absolute atomic E-state index is 0.473. The second kappa shape index (κ2) is 9.51. The molecule has 1 unspecified atom stereocenters. The molecule has 0 radical (unpaired) electrons. The highest BCUT2D eigenvalue weighted by Crippen LogP contribution is 2.33. The molecule has 0 saturated carbocycles. The lowest BCUT2D eigenvalue weighted by Crippen LogP contribution is -2.32. The molecular formula is C24H22N2O5. The Labute approximate surface area is 179 Å². The third-order valence-electron chi connectivity index (χ3n) is 5.06. The maximum atomic E-state index is 12.6. The van der Waals surface area contributed by atoms with Crippen molar-refractivity contribution in [2.24, 2.45) is 0 Å². The Kier molecular flexibility index (Phi) is 6.35. The Morgan fingerprint density at radius 2 is 1.48 bits per heavy atom. The molecule has 2 N–H and O–H groups in total. The molecule has 7 heteroatoms. The molecule has 1 atom stereocenters. The zero-order valence-electron chi connectivity index (χ0n) is 16.8. The second-order valence-electron chi connectivity index (χ2n) is 7.08. The molecule has 3 aromatic rings. The monoisotopic (exact) mass is 418 g/mol. The van der Waals surface area contributed by atoms with Crippen molar-refractivity contribution in [3.05, 3.63) is 72.3 Å². The van der Waals surface area contributed by atoms with Crippen LogP contribution in [-0.2, 0) is 23.9 Å². The molecule has 2 heterocycles. The van der Waals surface area contributed by atoms with Crippen LogP contribution in [0, 0.1) is 0 Å². The summed E-state index contributed by atoms with van der Waals surface area (Å²) in [6.07, 6.45) is 0. The number of amides is 2. The van der Waals surface area contributed by atoms with E-state index < -0.39 is 23.5 Å². The molecule has 2 aliphatic heterocycles. The largest absolute Gasteiger partial charge is 0.377 e. The van der Waals surface area contributed by atoms with Gasteiger partial charge in [0.2, 0.25) is 11.7 Å². The van der Waals surface area contributed by atoms with Crippen molar-refractivity contribution in [2.45, 2.75) is 5.92 Å². The molecule has 2 amide bonds. The van der Waals surface area contributed by atoms with Gasteiger partial charge in [-0.15, -0.1) is 0 Å². The molecule has 0 spiro atoms. The summed E-state index contributed by atoms with van der Waals surface area (Å²) in [7, 11) is 0. The van der Waals surface area contributed by atoms with Gasteiger partial charge in [-0.1, -0.05) is 54.6 Å². The molecule has 31 heavy (non-hydrogen) atoms. The molecule has 0 aliphatic carbocycles. The predicted molar refractivity (Wildman–Crippen MR) is 117 cm³/mol. The van der Waals surface area contributed by atoms with Crippen LogP contribution in [0.3, 0.4) is 0 Å². The Balaban J connectivity index is 0.000000334. The molecule has 0 aromatic heterocycles. The van der Waals surface area contributed by atoms with Crippen LogP contribution in [-0.4, -0.2) is 44.0 Å². The minimum Gasteiger partial charge on any atom is -0.377 e. The fourth-order valence-corrected chi connectivity index (χ4v) is 3.56. The number of anilines is 2. The van der Waals surface area contributed by atoms with E-state index in [-0.39, 0.29) is 0 Å². The highest BCUT2D eigenvalue weighted by atomic mass is 16.6. The first-order valence-electron chi connectivity index (χ1n) is 10.0. The van der Waals surface area contributed by atoms with Gasteiger partial charge in [-0.2, -0.15) is 0 Å². The molecular weight excluding hydrogens is 396 g/mol. The summed E-state index contributed by atoms with van der Waals surface area (Å²) in [6.45, 7) is 3.11. The number of carbonyl (C=O) groups is 3. The van der Waals surface area contributed by atoms with E-state index in [0.717, 1.165) is 37.2 Å². The molecule has 5 rings (SSSR count). The number of hydrogen-bond donors (Lipinski definition) is 2. The van der Waals surface area contributed by atoms with Gasteiger partial charge in [0.15, 0.2) is 0 Å². The molecule has 158 valence electrons. The van der Waals surface area contributed by atoms with E-state index in [0.29, 0.717) is 16.9 Å². The number of ketones is 1. The zero-order valence-corrected chi connectivity index (χ0v) is 16.8. The SMILES string of the molecule is C1COCCO1.O=C(Nc1cccc2ccccc12)C(=O)C1C(=O)Nc2ccccc21. The highest BCUT2D eigenvalue weighted by Gasteiger charge is 2.39. The lowest BCUT2D eigenvalue weighted by atomic mass is 9.95. The average molecular weight is 418 g/mol. The maximum Gasteiger partial charge on any atom is 0.292 e. The number of Topliss-reactive ketones (excluding diaryl/α,β-unsaturated/α-hetero) is 1. The van der Waals surface area contributed by atoms with Crippen LogP contribution in [0.5, 0.6) is 0 Å². The van der Waals surface area contributed by atoms with Crippen molar-refractivity contribution in [3.8, 4) is 0 Å². The van der Waals surface area contributed by atoms with Gasteiger partial charge in [0.05, 0.1) is 26.4 Å². The van der Waals surface area contributed by atoms with E-state index in [1.165, 1.54) is 0 Å². The third kappa shape index (κ3) is 4.63. The average Bonchev–Trinajstić information content (AvgIpc) is 3.16. The first-order valence-corrected chi connectivity index (χ1v) is 10.0. The molecule has 2 aliphatic rings. The number of benzene rings is 3. The van der Waals surface area contributed by atoms with Crippen LogP contribution in [0.25, 0.3) is 10.8 Å². The molecule has 0 bridgehead atoms. The number of fused-ring (bicyclic) bond motifs is 2. The second-order valence-corrected chi connectivity index (χ2v) is 7.08. The van der Waals surface area contributed by atoms with Crippen molar-refractivity contribution in [1.82, 2.24) is 0 Å². The van der Waals surface area contributed by atoms with Crippen LogP contribution in [0.15, 0.2) is 66.7 Å². The molecule has 7 nitrogen and oxygen atoms in total. The summed E-state index contributed by atoms with van der Waals surface area (Å²) in [5.41, 5.74) is 1.65. The predicted octanol–water partition coefficient (Wildman–Crippen LogP) is 3.12. The molecule has 3 aromatic carbocycles. The Morgan fingerprint density at radius 3 is 2.23 bits per heavy atom. The summed E-state index contributed by atoms with van der Waals surface area (Å²) < 4.78 is 9.89. The fraction of sp³-hybridized carbons (Fsp3) is 0.208. The van der Waals surface area contributed by atoms with Crippen LogP contribution in [0.2, 0.25) is 0 Å². The Morgan fingerprint density at radius 1 is 0.839 bits per heavy atom. The van der Waals surface area contributed by atoms with Gasteiger partial charge >= 0.3 is 0 Å². The first kappa shape index (κ1) is 20.7. The van der Waals surface area contributed by atoms with E-state index in [4.69, 9.17) is 9.47 Å². The summed E-state index contributed by atoms with van der Waals surface area (Å²) in [5.74, 6) is -3.14. The van der Waals surface area contributed by atoms with E-state index in [1.807, 2.05) is 30.3 Å². The summed E-state index contributed by atoms with van der Waals surface area (Å²) in [5, 5.41) is 7.07. The van der Waals surface area contributed by atoms with Crippen molar-refractivity contribution < 1.29 is 23.9 Å². The number of nitrogens with one attached hydrogen (secondary N) is 2. The Bertz CT molecular complexity index is 1110. The minimum atomic E-state index is -1.11. The van der Waals surface area contributed by atoms with E-state index in [2.05, 4.69) is 10.6 Å². The van der Waals surface area contributed by atoms with Gasteiger partial charge in [-0.25, -0.2) is 0 Å². The van der Waals surface area contributed by atoms with Crippen molar-refractivity contribution in [1.29, 1.82) is 0 Å². The standard InChI is InChI=1S/C20H14N2O3.C4H8O2/c23-18(17-14-9-3-4-10-16(14)21-19(17)24)20(25)22-15-11-5-7-12-6-1-2-8-13(12)15;1-2-6-4-3-5-1/h1-11,17H,(H,21,24)(H,22,25);1-4H2.